The normalized spacial score (nSPS) is 11.2. The van der Waals surface area contributed by atoms with Crippen LogP contribution in [0.2, 0.25) is 10.3 Å². The van der Waals surface area contributed by atoms with Gasteiger partial charge < -0.3 is 4.42 Å². The Labute approximate surface area is 116 Å². The van der Waals surface area contributed by atoms with Gasteiger partial charge in [-0.1, -0.05) is 44.0 Å². The second kappa shape index (κ2) is 5.29. The summed E-state index contributed by atoms with van der Waals surface area (Å²) in [6.45, 7) is 6.02. The number of hydrogen-bond donors (Lipinski definition) is 0. The summed E-state index contributed by atoms with van der Waals surface area (Å²) < 4.78 is 5.59. The van der Waals surface area contributed by atoms with Crippen LogP contribution in [-0.4, -0.2) is 9.97 Å². The molecule has 0 saturated carbocycles. The van der Waals surface area contributed by atoms with E-state index in [2.05, 4.69) is 9.97 Å². The maximum atomic E-state index is 6.14. The molecule has 3 nitrogen and oxygen atoms in total. The Morgan fingerprint density at radius 1 is 1.17 bits per heavy atom. The summed E-state index contributed by atoms with van der Waals surface area (Å²) in [7, 11) is 0. The summed E-state index contributed by atoms with van der Waals surface area (Å²) in [5.41, 5.74) is 0.768. The molecular formula is C13H14Cl2N2O. The fraction of sp³-hybridized carbons (Fsp3) is 0.385. The van der Waals surface area contributed by atoms with Crippen molar-refractivity contribution in [1.29, 1.82) is 0 Å². The first-order valence-electron chi connectivity index (χ1n) is 5.85. The van der Waals surface area contributed by atoms with Gasteiger partial charge in [-0.05, 0) is 18.1 Å². The summed E-state index contributed by atoms with van der Waals surface area (Å²) in [6, 6.07) is 3.73. The first-order chi connectivity index (χ1) is 8.52. The van der Waals surface area contributed by atoms with Crippen molar-refractivity contribution in [2.45, 2.75) is 33.1 Å². The topological polar surface area (TPSA) is 38.9 Å². The lowest BCUT2D eigenvalue weighted by Gasteiger charge is -2.09. The van der Waals surface area contributed by atoms with Crippen molar-refractivity contribution in [3.63, 3.8) is 0 Å². The second-order valence-electron chi connectivity index (χ2n) is 4.32. The van der Waals surface area contributed by atoms with Gasteiger partial charge in [0.15, 0.2) is 11.6 Å². The van der Waals surface area contributed by atoms with E-state index in [9.17, 15) is 0 Å². The van der Waals surface area contributed by atoms with Crippen LogP contribution in [0, 0.1) is 0 Å². The number of rotatable bonds is 3. The number of aryl methyl sites for hydroxylation is 1. The van der Waals surface area contributed by atoms with Gasteiger partial charge in [-0.3, -0.25) is 0 Å². The van der Waals surface area contributed by atoms with E-state index in [1.165, 1.54) is 0 Å². The van der Waals surface area contributed by atoms with Crippen LogP contribution in [0.4, 0.5) is 0 Å². The van der Waals surface area contributed by atoms with Crippen molar-refractivity contribution in [3.8, 4) is 11.6 Å². The van der Waals surface area contributed by atoms with Crippen molar-refractivity contribution < 1.29 is 4.42 Å². The SMILES string of the molecule is CCc1ccc(-c2nc(Cl)c(C(C)C)c(Cl)n2)o1. The fourth-order valence-corrected chi connectivity index (χ4v) is 2.52. The van der Waals surface area contributed by atoms with Gasteiger partial charge in [0.1, 0.15) is 16.1 Å². The smallest absolute Gasteiger partial charge is 0.198 e. The van der Waals surface area contributed by atoms with Crippen molar-refractivity contribution in [2.24, 2.45) is 0 Å². The van der Waals surface area contributed by atoms with Gasteiger partial charge in [0.25, 0.3) is 0 Å². The van der Waals surface area contributed by atoms with Crippen LogP contribution in [0.5, 0.6) is 0 Å². The molecule has 0 saturated heterocycles. The highest BCUT2D eigenvalue weighted by molar-refractivity contribution is 6.34. The third-order valence-electron chi connectivity index (χ3n) is 2.66. The van der Waals surface area contributed by atoms with E-state index in [0.29, 0.717) is 21.9 Å². The Balaban J connectivity index is 2.47. The molecule has 0 aliphatic heterocycles. The first-order valence-corrected chi connectivity index (χ1v) is 6.60. The standard InChI is InChI=1S/C13H14Cl2N2O/c1-4-8-5-6-9(18-8)13-16-11(14)10(7(2)3)12(15)17-13/h5-7H,4H2,1-3H3. The molecule has 2 aromatic rings. The molecule has 0 N–H and O–H groups in total. The summed E-state index contributed by atoms with van der Waals surface area (Å²) >= 11 is 12.3. The summed E-state index contributed by atoms with van der Waals surface area (Å²) in [5.74, 6) is 2.08. The number of aromatic nitrogens is 2. The summed E-state index contributed by atoms with van der Waals surface area (Å²) in [4.78, 5) is 8.50. The third kappa shape index (κ3) is 2.52. The lowest BCUT2D eigenvalue weighted by Crippen LogP contribution is -1.98. The van der Waals surface area contributed by atoms with E-state index >= 15 is 0 Å². The number of hydrogen-bond acceptors (Lipinski definition) is 3. The predicted molar refractivity (Wildman–Crippen MR) is 73.2 cm³/mol. The zero-order chi connectivity index (χ0) is 13.3. The first kappa shape index (κ1) is 13.4. The molecule has 0 amide bonds. The molecule has 0 aromatic carbocycles. The Kier molecular flexibility index (Phi) is 3.93. The highest BCUT2D eigenvalue weighted by atomic mass is 35.5. The van der Waals surface area contributed by atoms with Gasteiger partial charge in [-0.25, -0.2) is 9.97 Å². The molecule has 0 bridgehead atoms. The molecule has 18 heavy (non-hydrogen) atoms. The zero-order valence-corrected chi connectivity index (χ0v) is 12.0. The minimum absolute atomic E-state index is 0.182. The number of nitrogens with zero attached hydrogens (tertiary/aromatic N) is 2. The minimum Gasteiger partial charge on any atom is -0.458 e. The van der Waals surface area contributed by atoms with Crippen molar-refractivity contribution in [2.75, 3.05) is 0 Å². The Morgan fingerprint density at radius 2 is 1.78 bits per heavy atom. The Bertz CT molecular complexity index is 541. The van der Waals surface area contributed by atoms with Crippen LogP contribution in [0.1, 0.15) is 38.0 Å². The predicted octanol–water partition coefficient (Wildman–Crippen LogP) is 4.73. The molecular weight excluding hydrogens is 271 g/mol. The van der Waals surface area contributed by atoms with Crippen molar-refractivity contribution in [3.05, 3.63) is 33.8 Å². The Hall–Kier alpha value is -1.06. The number of furan rings is 1. The van der Waals surface area contributed by atoms with E-state index in [0.717, 1.165) is 17.7 Å². The molecule has 2 heterocycles. The molecule has 0 fully saturated rings. The average molecular weight is 285 g/mol. The van der Waals surface area contributed by atoms with Crippen LogP contribution in [0.3, 0.4) is 0 Å². The van der Waals surface area contributed by atoms with Crippen LogP contribution in [-0.2, 0) is 6.42 Å². The van der Waals surface area contributed by atoms with Crippen LogP contribution in [0.25, 0.3) is 11.6 Å². The quantitative estimate of drug-likeness (QED) is 0.765. The molecule has 0 spiro atoms. The van der Waals surface area contributed by atoms with E-state index in [1.54, 1.807) is 0 Å². The van der Waals surface area contributed by atoms with Gasteiger partial charge in [0.05, 0.1) is 0 Å². The largest absolute Gasteiger partial charge is 0.458 e. The lowest BCUT2D eigenvalue weighted by atomic mass is 10.1. The molecule has 96 valence electrons. The maximum Gasteiger partial charge on any atom is 0.198 e. The minimum atomic E-state index is 0.182. The monoisotopic (exact) mass is 284 g/mol. The van der Waals surface area contributed by atoms with Crippen LogP contribution >= 0.6 is 23.2 Å². The van der Waals surface area contributed by atoms with Crippen LogP contribution < -0.4 is 0 Å². The highest BCUT2D eigenvalue weighted by Gasteiger charge is 2.17. The van der Waals surface area contributed by atoms with E-state index in [-0.39, 0.29) is 5.92 Å². The average Bonchev–Trinajstić information content (AvgIpc) is 2.75. The van der Waals surface area contributed by atoms with Crippen LogP contribution in [0.15, 0.2) is 16.5 Å². The molecule has 0 atom stereocenters. The van der Waals surface area contributed by atoms with Gasteiger partial charge >= 0.3 is 0 Å². The third-order valence-corrected chi connectivity index (χ3v) is 3.24. The fourth-order valence-electron chi connectivity index (χ4n) is 1.69. The molecule has 0 unspecified atom stereocenters. The zero-order valence-electron chi connectivity index (χ0n) is 10.5. The van der Waals surface area contributed by atoms with E-state index in [4.69, 9.17) is 27.6 Å². The summed E-state index contributed by atoms with van der Waals surface area (Å²) in [5, 5.41) is 0.767. The van der Waals surface area contributed by atoms with Gasteiger partial charge in [-0.15, -0.1) is 0 Å². The highest BCUT2D eigenvalue weighted by Crippen LogP contribution is 2.31. The molecule has 0 radical (unpaired) electrons. The summed E-state index contributed by atoms with van der Waals surface area (Å²) in [6.07, 6.45) is 0.825. The second-order valence-corrected chi connectivity index (χ2v) is 5.03. The Morgan fingerprint density at radius 3 is 2.22 bits per heavy atom. The van der Waals surface area contributed by atoms with Crippen molar-refractivity contribution in [1.82, 2.24) is 9.97 Å². The lowest BCUT2D eigenvalue weighted by molar-refractivity contribution is 0.525. The molecule has 5 heteroatoms. The maximum absolute atomic E-state index is 6.14. The molecule has 0 aliphatic carbocycles. The van der Waals surface area contributed by atoms with Gasteiger partial charge in [0, 0.05) is 12.0 Å². The van der Waals surface area contributed by atoms with E-state index < -0.39 is 0 Å². The van der Waals surface area contributed by atoms with Crippen molar-refractivity contribution >= 4 is 23.2 Å². The van der Waals surface area contributed by atoms with E-state index in [1.807, 2.05) is 32.9 Å². The molecule has 0 aliphatic rings. The van der Waals surface area contributed by atoms with Gasteiger partial charge in [-0.2, -0.15) is 0 Å². The molecule has 2 rings (SSSR count). The number of halogens is 2. The molecule has 2 aromatic heterocycles. The van der Waals surface area contributed by atoms with Gasteiger partial charge in [0.2, 0.25) is 0 Å².